The maximum absolute atomic E-state index is 13.6. The minimum atomic E-state index is -2.09. The zero-order valence-corrected chi connectivity index (χ0v) is 21.6. The van der Waals surface area contributed by atoms with Crippen molar-refractivity contribution in [3.8, 4) is 11.6 Å². The molecule has 35 heavy (non-hydrogen) atoms. The molecule has 2 heterocycles. The number of methoxy groups -OCH3 is 1. The van der Waals surface area contributed by atoms with Crippen LogP contribution in [-0.4, -0.2) is 53.3 Å². The third-order valence-electron chi connectivity index (χ3n) is 7.05. The first-order valence-corrected chi connectivity index (χ1v) is 12.2. The van der Waals surface area contributed by atoms with Crippen molar-refractivity contribution in [1.82, 2.24) is 9.88 Å². The molecule has 2 aliphatic rings. The Hall–Kier alpha value is -2.65. The van der Waals surface area contributed by atoms with Gasteiger partial charge in [0, 0.05) is 30.6 Å². The molecule has 1 saturated carbocycles. The minimum absolute atomic E-state index is 0.0257. The minimum Gasteiger partial charge on any atom is -0.481 e. The number of aliphatic hydroxyl groups excluding tert-OH is 1. The second kappa shape index (κ2) is 8.48. The van der Waals surface area contributed by atoms with Crippen LogP contribution in [0.3, 0.4) is 0 Å². The van der Waals surface area contributed by atoms with Crippen LogP contribution in [0.1, 0.15) is 22.6 Å². The van der Waals surface area contributed by atoms with Crippen LogP contribution in [-0.2, 0) is 16.0 Å². The average Bonchev–Trinajstić information content (AvgIpc) is 3.21. The molecule has 1 fully saturated rings. The number of amides is 1. The number of rotatable bonds is 4. The Balaban J connectivity index is 1.90. The van der Waals surface area contributed by atoms with Crippen molar-refractivity contribution in [3.05, 3.63) is 87.0 Å². The molecular weight excluding hydrogens is 536 g/mol. The number of hydrogen-bond acceptors (Lipinski definition) is 6. The Morgan fingerprint density at radius 1 is 1.17 bits per heavy atom. The fourth-order valence-corrected chi connectivity index (χ4v) is 6.12. The van der Waals surface area contributed by atoms with E-state index in [-0.39, 0.29) is 28.3 Å². The molecule has 3 aromatic rings. The van der Waals surface area contributed by atoms with Crippen LogP contribution in [0.2, 0.25) is 5.15 Å². The van der Waals surface area contributed by atoms with Crippen LogP contribution in [0.25, 0.3) is 0 Å². The number of carbonyl (C=O) groups excluding carboxylic acids is 1. The normalized spacial score (nSPS) is 28.7. The number of aromatic nitrogens is 1. The van der Waals surface area contributed by atoms with E-state index in [9.17, 15) is 15.0 Å². The lowest BCUT2D eigenvalue weighted by molar-refractivity contribution is -0.156. The average molecular weight is 560 g/mol. The van der Waals surface area contributed by atoms with Crippen LogP contribution in [0.5, 0.6) is 11.6 Å². The van der Waals surface area contributed by atoms with Crippen LogP contribution in [0.4, 0.5) is 0 Å². The summed E-state index contributed by atoms with van der Waals surface area (Å²) >= 11 is 9.71. The molecule has 1 aliphatic heterocycles. The van der Waals surface area contributed by atoms with Gasteiger partial charge in [-0.3, -0.25) is 4.79 Å². The molecule has 2 aromatic carbocycles. The lowest BCUT2D eigenvalue weighted by atomic mass is 9.70. The first kappa shape index (κ1) is 24.1. The number of pyridine rings is 1. The van der Waals surface area contributed by atoms with Gasteiger partial charge in [-0.15, -0.1) is 0 Å². The summed E-state index contributed by atoms with van der Waals surface area (Å²) in [5, 5.41) is 24.6. The molecule has 0 saturated heterocycles. The van der Waals surface area contributed by atoms with E-state index >= 15 is 0 Å². The Morgan fingerprint density at radius 3 is 2.43 bits per heavy atom. The van der Waals surface area contributed by atoms with Crippen molar-refractivity contribution >= 4 is 33.4 Å². The van der Waals surface area contributed by atoms with Crippen molar-refractivity contribution < 1.29 is 24.5 Å². The van der Waals surface area contributed by atoms with Crippen molar-refractivity contribution in [1.29, 1.82) is 0 Å². The lowest BCUT2D eigenvalue weighted by Crippen LogP contribution is -2.52. The standard InChI is InChI=1S/C26H24BrClN2O5/c1-30(2)24(32)19-20(14-7-5-4-6-8-14)26(15-9-11-16(27)12-10-15)25(33,22(19)31)21-17(35-26)13-18(28)29-23(21)34-3/h4-13,19-20,22,31,33H,1-3H3. The molecule has 0 spiro atoms. The van der Waals surface area contributed by atoms with Crippen molar-refractivity contribution in [3.63, 3.8) is 0 Å². The molecule has 5 atom stereocenters. The summed E-state index contributed by atoms with van der Waals surface area (Å²) in [7, 11) is 4.65. The maximum atomic E-state index is 13.6. The second-order valence-corrected chi connectivity index (χ2v) is 10.3. The fraction of sp³-hybridized carbons (Fsp3) is 0.308. The van der Waals surface area contributed by atoms with Gasteiger partial charge in [0.15, 0.2) is 11.2 Å². The molecule has 1 amide bonds. The quantitative estimate of drug-likeness (QED) is 0.472. The fourth-order valence-electron chi connectivity index (χ4n) is 5.68. The Bertz CT molecular complexity index is 1290. The third kappa shape index (κ3) is 3.24. The number of ether oxygens (including phenoxy) is 2. The van der Waals surface area contributed by atoms with Crippen LogP contribution in [0, 0.1) is 5.92 Å². The smallest absolute Gasteiger partial charge is 0.228 e. The van der Waals surface area contributed by atoms with Gasteiger partial charge < -0.3 is 24.6 Å². The number of halogens is 2. The molecule has 5 unspecified atom stereocenters. The zero-order chi connectivity index (χ0) is 25.1. The summed E-state index contributed by atoms with van der Waals surface area (Å²) < 4.78 is 13.0. The number of hydrogen-bond donors (Lipinski definition) is 2. The highest BCUT2D eigenvalue weighted by molar-refractivity contribution is 9.10. The van der Waals surface area contributed by atoms with E-state index in [1.165, 1.54) is 18.1 Å². The monoisotopic (exact) mass is 558 g/mol. The summed E-state index contributed by atoms with van der Waals surface area (Å²) in [6.07, 6.45) is -1.55. The maximum Gasteiger partial charge on any atom is 0.228 e. The molecule has 1 aliphatic carbocycles. The van der Waals surface area contributed by atoms with Gasteiger partial charge >= 0.3 is 0 Å². The van der Waals surface area contributed by atoms with E-state index in [1.807, 2.05) is 54.6 Å². The summed E-state index contributed by atoms with van der Waals surface area (Å²) in [4.78, 5) is 19.2. The van der Waals surface area contributed by atoms with Gasteiger partial charge in [0.1, 0.15) is 17.0 Å². The van der Waals surface area contributed by atoms with Gasteiger partial charge in [-0.25, -0.2) is 4.98 Å². The Morgan fingerprint density at radius 2 is 1.83 bits per heavy atom. The van der Waals surface area contributed by atoms with Gasteiger partial charge in [-0.2, -0.15) is 0 Å². The lowest BCUT2D eigenvalue weighted by Gasteiger charge is -2.40. The summed E-state index contributed by atoms with van der Waals surface area (Å²) in [6, 6.07) is 18.1. The molecule has 2 N–H and O–H groups in total. The molecule has 9 heteroatoms. The molecule has 1 aromatic heterocycles. The number of aliphatic hydroxyl groups is 2. The van der Waals surface area contributed by atoms with Gasteiger partial charge in [0.05, 0.1) is 18.6 Å². The van der Waals surface area contributed by atoms with Gasteiger partial charge in [0.25, 0.3) is 0 Å². The SMILES string of the molecule is COc1nc(Cl)cc2c1C1(O)C(O)C(C(=O)N(C)C)C(c3ccccc3)C1(c1ccc(Br)cc1)O2. The molecule has 0 radical (unpaired) electrons. The highest BCUT2D eigenvalue weighted by Gasteiger charge is 2.78. The highest BCUT2D eigenvalue weighted by atomic mass is 79.9. The first-order chi connectivity index (χ1) is 16.7. The topological polar surface area (TPSA) is 92.1 Å². The second-order valence-electron chi connectivity index (χ2n) is 9.03. The molecule has 5 rings (SSSR count). The van der Waals surface area contributed by atoms with E-state index in [2.05, 4.69) is 20.9 Å². The van der Waals surface area contributed by atoms with E-state index in [1.54, 1.807) is 14.1 Å². The van der Waals surface area contributed by atoms with Crippen LogP contribution >= 0.6 is 27.5 Å². The number of fused-ring (bicyclic) bond motifs is 3. The molecule has 182 valence electrons. The van der Waals surface area contributed by atoms with E-state index < -0.39 is 29.1 Å². The van der Waals surface area contributed by atoms with Crippen LogP contribution in [0.15, 0.2) is 65.1 Å². The van der Waals surface area contributed by atoms with Crippen molar-refractivity contribution in [2.45, 2.75) is 23.2 Å². The zero-order valence-electron chi connectivity index (χ0n) is 19.3. The predicted molar refractivity (Wildman–Crippen MR) is 134 cm³/mol. The Labute approximate surface area is 216 Å². The molecule has 7 nitrogen and oxygen atoms in total. The third-order valence-corrected chi connectivity index (χ3v) is 7.78. The molecule has 0 bridgehead atoms. The van der Waals surface area contributed by atoms with Crippen molar-refractivity contribution in [2.75, 3.05) is 21.2 Å². The van der Waals surface area contributed by atoms with Gasteiger partial charge in [0.2, 0.25) is 11.8 Å². The first-order valence-electron chi connectivity index (χ1n) is 11.0. The predicted octanol–water partition coefficient (Wildman–Crippen LogP) is 3.84. The largest absolute Gasteiger partial charge is 0.481 e. The summed E-state index contributed by atoms with van der Waals surface area (Å²) in [5.74, 6) is -1.87. The van der Waals surface area contributed by atoms with E-state index in [0.717, 1.165) is 10.0 Å². The number of nitrogens with zero attached hydrogens (tertiary/aromatic N) is 2. The van der Waals surface area contributed by atoms with Gasteiger partial charge in [-0.1, -0.05) is 70.0 Å². The molecular formula is C26H24BrClN2O5. The van der Waals surface area contributed by atoms with E-state index in [4.69, 9.17) is 21.1 Å². The number of carbonyl (C=O) groups is 1. The van der Waals surface area contributed by atoms with E-state index in [0.29, 0.717) is 5.56 Å². The summed E-state index contributed by atoms with van der Waals surface area (Å²) in [5.41, 5.74) is -2.20. The highest BCUT2D eigenvalue weighted by Crippen LogP contribution is 2.69. The van der Waals surface area contributed by atoms with Crippen molar-refractivity contribution in [2.24, 2.45) is 5.92 Å². The van der Waals surface area contributed by atoms with Crippen LogP contribution < -0.4 is 9.47 Å². The Kier molecular flexibility index (Phi) is 5.83. The number of benzene rings is 2. The van der Waals surface area contributed by atoms with Gasteiger partial charge in [-0.05, 0) is 23.3 Å². The summed E-state index contributed by atoms with van der Waals surface area (Å²) in [6.45, 7) is 0.